The third kappa shape index (κ3) is 7.78. The smallest absolute Gasteiger partial charge is 0.221 e. The number of rotatable bonds is 5. The summed E-state index contributed by atoms with van der Waals surface area (Å²) in [6.45, 7) is 8.23. The van der Waals surface area contributed by atoms with Gasteiger partial charge in [0.25, 0.3) is 0 Å². The molecule has 0 heterocycles. The molecule has 2 aliphatic rings. The molecule has 0 aliphatic heterocycles. The predicted molar refractivity (Wildman–Crippen MR) is 129 cm³/mol. The van der Waals surface area contributed by atoms with Gasteiger partial charge in [-0.25, -0.2) is 4.99 Å². The van der Waals surface area contributed by atoms with E-state index in [1.807, 2.05) is 55.5 Å². The third-order valence-corrected chi connectivity index (χ3v) is 4.97. The van der Waals surface area contributed by atoms with E-state index in [1.54, 1.807) is 6.34 Å². The molecule has 1 N–H and O–H groups in total. The fourth-order valence-electron chi connectivity index (χ4n) is 3.42. The molecule has 0 spiro atoms. The van der Waals surface area contributed by atoms with Crippen LogP contribution < -0.4 is 5.32 Å². The van der Waals surface area contributed by atoms with Crippen LogP contribution in [-0.4, -0.2) is 30.8 Å². The maximum Gasteiger partial charge on any atom is 0.221 e. The summed E-state index contributed by atoms with van der Waals surface area (Å²) in [6, 6.07) is 0. The highest BCUT2D eigenvalue weighted by Crippen LogP contribution is 2.31. The molecule has 0 aromatic rings. The Hall–Kier alpha value is -3.34. The van der Waals surface area contributed by atoms with Crippen LogP contribution in [0, 0.1) is 11.8 Å². The van der Waals surface area contributed by atoms with Crippen molar-refractivity contribution in [3.05, 3.63) is 83.2 Å². The van der Waals surface area contributed by atoms with Crippen molar-refractivity contribution in [3.8, 4) is 0 Å². The average Bonchev–Trinajstić information content (AvgIpc) is 2.73. The molecule has 0 aromatic carbocycles. The molecule has 2 unspecified atom stereocenters. The van der Waals surface area contributed by atoms with Crippen LogP contribution in [0.5, 0.6) is 0 Å². The summed E-state index contributed by atoms with van der Waals surface area (Å²) < 4.78 is 0. The fourth-order valence-corrected chi connectivity index (χ4v) is 3.42. The molecule has 0 aromatic heterocycles. The van der Waals surface area contributed by atoms with Crippen LogP contribution in [0.3, 0.4) is 0 Å². The first kappa shape index (κ1) is 23.9. The van der Waals surface area contributed by atoms with Gasteiger partial charge in [-0.1, -0.05) is 61.1 Å². The molecule has 0 fully saturated rings. The Bertz CT molecular complexity index is 953. The van der Waals surface area contributed by atoms with Crippen molar-refractivity contribution in [1.82, 2.24) is 5.32 Å². The van der Waals surface area contributed by atoms with Gasteiger partial charge in [-0.15, -0.1) is 0 Å². The third-order valence-electron chi connectivity index (χ3n) is 4.97. The van der Waals surface area contributed by atoms with Gasteiger partial charge in [-0.3, -0.25) is 14.6 Å². The van der Waals surface area contributed by atoms with Crippen LogP contribution in [0.15, 0.2) is 93.2 Å². The van der Waals surface area contributed by atoms with Gasteiger partial charge < -0.3 is 5.32 Å². The number of allylic oxidation sites excluding steroid dienone is 13. The lowest BCUT2D eigenvalue weighted by molar-refractivity contribution is -0.118. The van der Waals surface area contributed by atoms with Crippen LogP contribution in [-0.2, 0) is 9.59 Å². The van der Waals surface area contributed by atoms with E-state index in [1.165, 1.54) is 6.92 Å². The number of aldehydes is 1. The van der Waals surface area contributed by atoms with Crippen LogP contribution in [0.2, 0.25) is 0 Å². The number of nitrogens with zero attached hydrogens (tertiary/aromatic N) is 2. The molecule has 0 saturated carbocycles. The standard InChI is InChI=1S/C26H31N3O2/c1-5-27-18-28-26-16-24(29-21(4)31)11-9-7-6-8-10-23(15-20(26)3)25-13-12-22(17-30)14-19(25)2/h6-12,14-18,20,25H,5,13H2,1-4H3,(H,29,31)/b7-6+,10-8+,11-9-,23-15+,24-16+,27-18?,28-26?. The zero-order chi connectivity index (χ0) is 22.6. The van der Waals surface area contributed by atoms with E-state index in [-0.39, 0.29) is 17.7 Å². The predicted octanol–water partition coefficient (Wildman–Crippen LogP) is 4.83. The molecule has 2 aliphatic carbocycles. The largest absolute Gasteiger partial charge is 0.326 e. The molecule has 5 nitrogen and oxygen atoms in total. The zero-order valence-electron chi connectivity index (χ0n) is 18.7. The normalized spacial score (nSPS) is 29.9. The molecule has 2 rings (SSSR count). The van der Waals surface area contributed by atoms with Gasteiger partial charge in [0.05, 0.1) is 5.71 Å². The molecule has 0 radical (unpaired) electrons. The van der Waals surface area contributed by atoms with E-state index in [4.69, 9.17) is 0 Å². The van der Waals surface area contributed by atoms with E-state index in [0.717, 1.165) is 35.1 Å². The van der Waals surface area contributed by atoms with Crippen LogP contribution in [0.25, 0.3) is 0 Å². The van der Waals surface area contributed by atoms with Crippen molar-refractivity contribution in [2.24, 2.45) is 21.8 Å². The van der Waals surface area contributed by atoms with E-state index < -0.39 is 0 Å². The van der Waals surface area contributed by atoms with Gasteiger partial charge in [0.1, 0.15) is 12.6 Å². The van der Waals surface area contributed by atoms with Crippen LogP contribution in [0.1, 0.15) is 34.1 Å². The lowest BCUT2D eigenvalue weighted by atomic mass is 9.82. The lowest BCUT2D eigenvalue weighted by Crippen LogP contribution is -2.20. The van der Waals surface area contributed by atoms with Crippen molar-refractivity contribution >= 4 is 24.2 Å². The van der Waals surface area contributed by atoms with Gasteiger partial charge in [0, 0.05) is 36.6 Å². The summed E-state index contributed by atoms with van der Waals surface area (Å²) in [7, 11) is 0. The molecular formula is C26H31N3O2. The van der Waals surface area contributed by atoms with Gasteiger partial charge in [-0.05, 0) is 38.0 Å². The topological polar surface area (TPSA) is 70.9 Å². The first-order valence-electron chi connectivity index (χ1n) is 10.6. The number of aliphatic imine (C=N–C) groups is 2. The summed E-state index contributed by atoms with van der Waals surface area (Å²) in [5, 5.41) is 2.86. The van der Waals surface area contributed by atoms with Crippen molar-refractivity contribution in [3.63, 3.8) is 0 Å². The van der Waals surface area contributed by atoms with Crippen LogP contribution >= 0.6 is 0 Å². The average molecular weight is 418 g/mol. The zero-order valence-corrected chi connectivity index (χ0v) is 18.7. The number of hydrogen-bond acceptors (Lipinski definition) is 3. The number of nitrogens with one attached hydrogen (secondary N) is 1. The number of amides is 1. The second-order valence-electron chi connectivity index (χ2n) is 7.51. The van der Waals surface area contributed by atoms with E-state index in [9.17, 15) is 9.59 Å². The molecular weight excluding hydrogens is 386 g/mol. The van der Waals surface area contributed by atoms with Gasteiger partial charge in [0.15, 0.2) is 0 Å². The number of carbonyl (C=O) groups excluding carboxylic acids is 2. The highest BCUT2D eigenvalue weighted by Gasteiger charge is 2.19. The van der Waals surface area contributed by atoms with E-state index in [0.29, 0.717) is 12.2 Å². The first-order valence-corrected chi connectivity index (χ1v) is 10.6. The molecule has 1 amide bonds. The van der Waals surface area contributed by atoms with Gasteiger partial charge in [-0.2, -0.15) is 0 Å². The minimum atomic E-state index is -0.141. The molecule has 5 heteroatoms. The minimum absolute atomic E-state index is 0.0206. The Balaban J connectivity index is 2.52. The Kier molecular flexibility index (Phi) is 9.56. The van der Waals surface area contributed by atoms with E-state index in [2.05, 4.69) is 41.3 Å². The highest BCUT2D eigenvalue weighted by molar-refractivity contribution is 6.02. The van der Waals surface area contributed by atoms with Crippen molar-refractivity contribution < 1.29 is 9.59 Å². The maximum atomic E-state index is 11.7. The molecule has 31 heavy (non-hydrogen) atoms. The molecule has 162 valence electrons. The first-order chi connectivity index (χ1) is 14.9. The SMILES string of the molecule is CCN=CN=C1\C=C(NC(C)=O)/C=C\C=C\C=C\C(C2CC=C(C=O)C=C2C)=C/C1C. The second-order valence-corrected chi connectivity index (χ2v) is 7.51. The second kappa shape index (κ2) is 12.4. The number of carbonyl (C=O) groups is 2. The monoisotopic (exact) mass is 417 g/mol. The highest BCUT2D eigenvalue weighted by atomic mass is 16.1. The Morgan fingerprint density at radius 2 is 1.94 bits per heavy atom. The fraction of sp³-hybridized carbons (Fsp3) is 0.308. The Morgan fingerprint density at radius 1 is 1.19 bits per heavy atom. The summed E-state index contributed by atoms with van der Waals surface area (Å²) in [5.74, 6) is 0.0319. The van der Waals surface area contributed by atoms with Crippen molar-refractivity contribution in [2.45, 2.75) is 34.1 Å². The summed E-state index contributed by atoms with van der Waals surface area (Å²) in [6.07, 6.45) is 23.0. The van der Waals surface area contributed by atoms with Crippen LogP contribution in [0.4, 0.5) is 0 Å². The summed E-state index contributed by atoms with van der Waals surface area (Å²) in [4.78, 5) is 31.6. The summed E-state index contributed by atoms with van der Waals surface area (Å²) in [5.41, 5.74) is 4.50. The maximum absolute atomic E-state index is 11.7. The van der Waals surface area contributed by atoms with Gasteiger partial charge >= 0.3 is 0 Å². The minimum Gasteiger partial charge on any atom is -0.326 e. The summed E-state index contributed by atoms with van der Waals surface area (Å²) >= 11 is 0. The Morgan fingerprint density at radius 3 is 2.58 bits per heavy atom. The van der Waals surface area contributed by atoms with Crippen molar-refractivity contribution in [2.75, 3.05) is 6.54 Å². The number of hydrogen-bond donors (Lipinski definition) is 1. The molecule has 2 atom stereocenters. The van der Waals surface area contributed by atoms with Crippen molar-refractivity contribution in [1.29, 1.82) is 0 Å². The lowest BCUT2D eigenvalue weighted by Gasteiger charge is -2.23. The molecule has 0 bridgehead atoms. The molecule has 0 saturated heterocycles. The van der Waals surface area contributed by atoms with E-state index >= 15 is 0 Å². The van der Waals surface area contributed by atoms with Gasteiger partial charge in [0.2, 0.25) is 5.91 Å². The Labute approximate surface area is 185 Å². The quantitative estimate of drug-likeness (QED) is 0.395.